The molecule has 0 aliphatic carbocycles. The number of thiophene rings is 1. The van der Waals surface area contributed by atoms with Crippen molar-refractivity contribution in [3.8, 4) is 5.00 Å². The van der Waals surface area contributed by atoms with Gasteiger partial charge >= 0.3 is 0 Å². The molecule has 2 aromatic heterocycles. The van der Waals surface area contributed by atoms with Crippen molar-refractivity contribution >= 4 is 28.6 Å². The Labute approximate surface area is 156 Å². The Balaban J connectivity index is 2.09. The van der Waals surface area contributed by atoms with Gasteiger partial charge in [-0.05, 0) is 52.3 Å². The number of halogens is 1. The van der Waals surface area contributed by atoms with Crippen molar-refractivity contribution in [1.29, 1.82) is 0 Å². The van der Waals surface area contributed by atoms with Gasteiger partial charge in [0.15, 0.2) is 5.82 Å². The van der Waals surface area contributed by atoms with Crippen molar-refractivity contribution in [1.82, 2.24) is 14.8 Å². The van der Waals surface area contributed by atoms with Crippen LogP contribution in [0.3, 0.4) is 0 Å². The van der Waals surface area contributed by atoms with Crippen LogP contribution < -0.4 is 0 Å². The zero-order valence-electron chi connectivity index (χ0n) is 14.9. The van der Waals surface area contributed by atoms with Crippen LogP contribution in [-0.4, -0.2) is 20.5 Å². The predicted molar refractivity (Wildman–Crippen MR) is 104 cm³/mol. The van der Waals surface area contributed by atoms with Crippen LogP contribution >= 0.6 is 22.9 Å². The maximum absolute atomic E-state index is 6.09. The number of aryl methyl sites for hydroxylation is 2. The number of aliphatic imine (C=N–C) groups is 1. The lowest BCUT2D eigenvalue weighted by molar-refractivity contribution is 0.510. The van der Waals surface area contributed by atoms with Gasteiger partial charge in [0.1, 0.15) is 16.4 Å². The summed E-state index contributed by atoms with van der Waals surface area (Å²) in [5.74, 6) is 1.76. The lowest BCUT2D eigenvalue weighted by Gasteiger charge is -2.18. The number of fused-ring (bicyclic) bond motifs is 3. The third-order valence-electron chi connectivity index (χ3n) is 4.69. The second-order valence-corrected chi connectivity index (χ2v) is 8.54. The summed E-state index contributed by atoms with van der Waals surface area (Å²) in [4.78, 5) is 6.42. The standard InChI is InChI=1S/C19H19ClN4S/c1-10-11(2)25-17-15(10)16(13-6-8-14(20)9-7-13)21-19(4,5)18-23-22-12(3)24(17)18/h6-9H,1-5H3. The summed E-state index contributed by atoms with van der Waals surface area (Å²) in [5.41, 5.74) is 4.00. The molecule has 0 amide bonds. The van der Waals surface area contributed by atoms with E-state index in [4.69, 9.17) is 16.6 Å². The van der Waals surface area contributed by atoms with Gasteiger partial charge in [-0.2, -0.15) is 0 Å². The highest BCUT2D eigenvalue weighted by Gasteiger charge is 2.35. The summed E-state index contributed by atoms with van der Waals surface area (Å²) in [7, 11) is 0. The van der Waals surface area contributed by atoms with E-state index in [2.05, 4.69) is 42.5 Å². The molecule has 0 N–H and O–H groups in total. The summed E-state index contributed by atoms with van der Waals surface area (Å²) in [6.07, 6.45) is 0. The second kappa shape index (κ2) is 5.51. The monoisotopic (exact) mass is 370 g/mol. The number of rotatable bonds is 1. The van der Waals surface area contributed by atoms with E-state index in [1.54, 1.807) is 11.3 Å². The lowest BCUT2D eigenvalue weighted by Crippen LogP contribution is -2.20. The summed E-state index contributed by atoms with van der Waals surface area (Å²) in [5, 5.41) is 10.6. The van der Waals surface area contributed by atoms with Crippen molar-refractivity contribution in [3.63, 3.8) is 0 Å². The molecule has 4 rings (SSSR count). The number of benzene rings is 1. The number of hydrogen-bond acceptors (Lipinski definition) is 4. The van der Waals surface area contributed by atoms with Gasteiger partial charge in [-0.25, -0.2) is 0 Å². The second-order valence-electron chi connectivity index (χ2n) is 6.90. The van der Waals surface area contributed by atoms with Crippen LogP contribution in [0.5, 0.6) is 0 Å². The Morgan fingerprint density at radius 2 is 1.72 bits per heavy atom. The minimum Gasteiger partial charge on any atom is -0.271 e. The zero-order chi connectivity index (χ0) is 17.9. The van der Waals surface area contributed by atoms with Gasteiger partial charge in [-0.1, -0.05) is 23.7 Å². The quantitative estimate of drug-likeness (QED) is 0.605. The Kier molecular flexibility index (Phi) is 3.63. The highest BCUT2D eigenvalue weighted by atomic mass is 35.5. The largest absolute Gasteiger partial charge is 0.271 e. The van der Waals surface area contributed by atoms with Gasteiger partial charge in [0.05, 0.1) is 5.71 Å². The maximum atomic E-state index is 6.09. The number of aromatic nitrogens is 3. The first kappa shape index (κ1) is 16.5. The fourth-order valence-corrected chi connectivity index (χ4v) is 4.58. The molecule has 3 aromatic rings. The van der Waals surface area contributed by atoms with E-state index in [1.807, 2.05) is 31.2 Å². The third kappa shape index (κ3) is 2.45. The average molecular weight is 371 g/mol. The van der Waals surface area contributed by atoms with Gasteiger partial charge in [-0.15, -0.1) is 21.5 Å². The maximum Gasteiger partial charge on any atom is 0.165 e. The van der Waals surface area contributed by atoms with Crippen LogP contribution in [0.1, 0.15) is 47.1 Å². The van der Waals surface area contributed by atoms with Crippen molar-refractivity contribution in [2.45, 2.75) is 40.2 Å². The Hall–Kier alpha value is -1.98. The van der Waals surface area contributed by atoms with Gasteiger partial charge in [-0.3, -0.25) is 9.56 Å². The molecule has 0 spiro atoms. The Bertz CT molecular complexity index is 1010. The third-order valence-corrected chi connectivity index (χ3v) is 6.13. The summed E-state index contributed by atoms with van der Waals surface area (Å²) < 4.78 is 2.16. The molecular formula is C19H19ClN4S. The first-order valence-electron chi connectivity index (χ1n) is 8.18. The molecule has 1 aliphatic rings. The molecule has 0 saturated heterocycles. The molecule has 128 valence electrons. The van der Waals surface area contributed by atoms with Crippen LogP contribution in [0, 0.1) is 20.8 Å². The molecule has 6 heteroatoms. The van der Waals surface area contributed by atoms with Crippen molar-refractivity contribution in [3.05, 3.63) is 62.5 Å². The van der Waals surface area contributed by atoms with E-state index in [0.29, 0.717) is 0 Å². The topological polar surface area (TPSA) is 43.1 Å². The van der Waals surface area contributed by atoms with E-state index < -0.39 is 5.54 Å². The molecule has 3 heterocycles. The molecular weight excluding hydrogens is 352 g/mol. The molecule has 0 radical (unpaired) electrons. The van der Waals surface area contributed by atoms with Crippen molar-refractivity contribution < 1.29 is 0 Å². The molecule has 1 aromatic carbocycles. The summed E-state index contributed by atoms with van der Waals surface area (Å²) in [6, 6.07) is 7.90. The fourth-order valence-electron chi connectivity index (χ4n) is 3.25. The van der Waals surface area contributed by atoms with E-state index in [-0.39, 0.29) is 0 Å². The van der Waals surface area contributed by atoms with E-state index in [9.17, 15) is 0 Å². The smallest absolute Gasteiger partial charge is 0.165 e. The van der Waals surface area contributed by atoms with Crippen molar-refractivity contribution in [2.24, 2.45) is 4.99 Å². The van der Waals surface area contributed by atoms with Crippen LogP contribution in [0.25, 0.3) is 5.00 Å². The number of nitrogens with zero attached hydrogens (tertiary/aromatic N) is 4. The summed E-state index contributed by atoms with van der Waals surface area (Å²) >= 11 is 7.86. The minimum absolute atomic E-state index is 0.477. The average Bonchev–Trinajstić information content (AvgIpc) is 3.04. The SMILES string of the molecule is Cc1sc2c(c1C)C(c1ccc(Cl)cc1)=NC(C)(C)c1nnc(C)n1-2. The molecule has 0 fully saturated rings. The highest BCUT2D eigenvalue weighted by molar-refractivity contribution is 7.15. The predicted octanol–water partition coefficient (Wildman–Crippen LogP) is 4.99. The van der Waals surface area contributed by atoms with E-state index >= 15 is 0 Å². The Morgan fingerprint density at radius 3 is 2.40 bits per heavy atom. The summed E-state index contributed by atoms with van der Waals surface area (Å²) in [6.45, 7) is 10.5. The molecule has 0 saturated carbocycles. The zero-order valence-corrected chi connectivity index (χ0v) is 16.5. The normalized spacial score (nSPS) is 15.4. The van der Waals surface area contributed by atoms with Crippen LogP contribution in [0.4, 0.5) is 0 Å². The fraction of sp³-hybridized carbons (Fsp3) is 0.316. The van der Waals surface area contributed by atoms with E-state index in [0.717, 1.165) is 32.9 Å². The van der Waals surface area contributed by atoms with Crippen LogP contribution in [0.15, 0.2) is 29.3 Å². The molecule has 1 aliphatic heterocycles. The molecule has 0 unspecified atom stereocenters. The first-order chi connectivity index (χ1) is 11.8. The first-order valence-corrected chi connectivity index (χ1v) is 9.38. The van der Waals surface area contributed by atoms with Gasteiger partial charge < -0.3 is 0 Å². The van der Waals surface area contributed by atoms with Crippen LogP contribution in [0.2, 0.25) is 5.02 Å². The Morgan fingerprint density at radius 1 is 1.04 bits per heavy atom. The van der Waals surface area contributed by atoms with E-state index in [1.165, 1.54) is 16.0 Å². The molecule has 0 atom stereocenters. The van der Waals surface area contributed by atoms with Crippen molar-refractivity contribution in [2.75, 3.05) is 0 Å². The van der Waals surface area contributed by atoms with Gasteiger partial charge in [0.25, 0.3) is 0 Å². The highest BCUT2D eigenvalue weighted by Crippen LogP contribution is 2.40. The molecule has 0 bridgehead atoms. The lowest BCUT2D eigenvalue weighted by atomic mass is 9.98. The van der Waals surface area contributed by atoms with Gasteiger partial charge in [0, 0.05) is 21.0 Å². The van der Waals surface area contributed by atoms with Crippen LogP contribution in [-0.2, 0) is 5.54 Å². The van der Waals surface area contributed by atoms with Gasteiger partial charge in [0.2, 0.25) is 0 Å². The molecule has 4 nitrogen and oxygen atoms in total. The minimum atomic E-state index is -0.477. The number of hydrogen-bond donors (Lipinski definition) is 0. The molecule has 25 heavy (non-hydrogen) atoms.